The van der Waals surface area contributed by atoms with E-state index in [9.17, 15) is 4.79 Å². The van der Waals surface area contributed by atoms with Crippen LogP contribution < -0.4 is 4.74 Å². The number of aryl methyl sites for hydroxylation is 1. The van der Waals surface area contributed by atoms with Gasteiger partial charge in [-0.1, -0.05) is 12.1 Å². The zero-order valence-electron chi connectivity index (χ0n) is 10.3. The fourth-order valence-electron chi connectivity index (χ4n) is 1.92. The van der Waals surface area contributed by atoms with Crippen LogP contribution in [0.3, 0.4) is 0 Å². The average Bonchev–Trinajstić information content (AvgIpc) is 2.85. The van der Waals surface area contributed by atoms with E-state index in [0.29, 0.717) is 12.2 Å². The van der Waals surface area contributed by atoms with Gasteiger partial charge in [0.2, 0.25) is 0 Å². The molecule has 0 saturated heterocycles. The van der Waals surface area contributed by atoms with Gasteiger partial charge in [-0.2, -0.15) is 4.80 Å². The van der Waals surface area contributed by atoms with Crippen LogP contribution >= 0.6 is 0 Å². The molecule has 0 amide bonds. The number of hydrogen-bond donors (Lipinski definition) is 0. The van der Waals surface area contributed by atoms with Crippen LogP contribution in [0.15, 0.2) is 42.5 Å². The minimum Gasteiger partial charge on any atom is -0.428 e. The van der Waals surface area contributed by atoms with Gasteiger partial charge < -0.3 is 4.74 Å². The van der Waals surface area contributed by atoms with Crippen molar-refractivity contribution in [2.45, 2.75) is 6.92 Å². The molecule has 0 atom stereocenters. The van der Waals surface area contributed by atoms with E-state index in [2.05, 4.69) is 10.2 Å². The van der Waals surface area contributed by atoms with Gasteiger partial charge in [-0.25, -0.2) is 0 Å². The number of nitrogens with zero attached hydrogens (tertiary/aromatic N) is 3. The standard InChI is InChI=1S/C14H11N3O2/c1-10-8-11(6-7-14(10)19-9-18)17-15-12-4-2-3-5-13(12)16-17/h2-9H,1H3. The molecule has 3 aromatic rings. The Balaban J connectivity index is 2.06. The first-order chi connectivity index (χ1) is 9.28. The largest absolute Gasteiger partial charge is 0.428 e. The van der Waals surface area contributed by atoms with E-state index in [1.165, 1.54) is 0 Å². The smallest absolute Gasteiger partial charge is 0.298 e. The van der Waals surface area contributed by atoms with Gasteiger partial charge in [-0.15, -0.1) is 10.2 Å². The molecule has 1 heterocycles. The van der Waals surface area contributed by atoms with Crippen molar-refractivity contribution in [2.24, 2.45) is 0 Å². The quantitative estimate of drug-likeness (QED) is 0.672. The molecule has 0 aliphatic heterocycles. The molecule has 5 heteroatoms. The molecule has 3 rings (SSSR count). The average molecular weight is 253 g/mol. The number of carbonyl (C=O) groups excluding carboxylic acids is 1. The molecule has 0 aliphatic carbocycles. The second-order valence-corrected chi connectivity index (χ2v) is 4.14. The Morgan fingerprint density at radius 1 is 1.11 bits per heavy atom. The van der Waals surface area contributed by atoms with Crippen molar-refractivity contribution in [3.63, 3.8) is 0 Å². The van der Waals surface area contributed by atoms with Crippen LogP contribution in [0.5, 0.6) is 5.75 Å². The van der Waals surface area contributed by atoms with Crippen LogP contribution in [0.25, 0.3) is 16.7 Å². The first-order valence-electron chi connectivity index (χ1n) is 5.81. The van der Waals surface area contributed by atoms with Crippen LogP contribution in [-0.4, -0.2) is 21.5 Å². The Labute approximate surface area is 109 Å². The number of aromatic nitrogens is 3. The summed E-state index contributed by atoms with van der Waals surface area (Å²) in [4.78, 5) is 11.9. The van der Waals surface area contributed by atoms with Crippen molar-refractivity contribution in [3.05, 3.63) is 48.0 Å². The van der Waals surface area contributed by atoms with Gasteiger partial charge in [-0.05, 0) is 42.8 Å². The van der Waals surface area contributed by atoms with Crippen molar-refractivity contribution in [3.8, 4) is 11.4 Å². The lowest BCUT2D eigenvalue weighted by atomic mass is 10.2. The highest BCUT2D eigenvalue weighted by molar-refractivity contribution is 5.73. The summed E-state index contributed by atoms with van der Waals surface area (Å²) in [6, 6.07) is 13.1. The SMILES string of the molecule is Cc1cc(-n2nc3ccccc3n2)ccc1OC=O. The first-order valence-corrected chi connectivity index (χ1v) is 5.81. The minimum absolute atomic E-state index is 0.419. The highest BCUT2D eigenvalue weighted by Crippen LogP contribution is 2.21. The molecular weight excluding hydrogens is 242 g/mol. The van der Waals surface area contributed by atoms with E-state index in [0.717, 1.165) is 22.3 Å². The van der Waals surface area contributed by atoms with Crippen LogP contribution in [-0.2, 0) is 4.79 Å². The third kappa shape index (κ3) is 2.06. The second kappa shape index (κ2) is 4.53. The highest BCUT2D eigenvalue weighted by atomic mass is 16.5. The summed E-state index contributed by atoms with van der Waals surface area (Å²) in [6.45, 7) is 2.29. The van der Waals surface area contributed by atoms with E-state index >= 15 is 0 Å². The molecule has 0 bridgehead atoms. The molecule has 94 valence electrons. The monoisotopic (exact) mass is 253 g/mol. The lowest BCUT2D eigenvalue weighted by Gasteiger charge is -2.05. The maximum atomic E-state index is 10.3. The number of ether oxygens (including phenoxy) is 1. The normalized spacial score (nSPS) is 10.6. The van der Waals surface area contributed by atoms with Gasteiger partial charge in [-0.3, -0.25) is 4.79 Å². The summed E-state index contributed by atoms with van der Waals surface area (Å²) in [5.74, 6) is 0.537. The third-order valence-electron chi connectivity index (χ3n) is 2.85. The predicted octanol–water partition coefficient (Wildman–Crippen LogP) is 2.26. The van der Waals surface area contributed by atoms with E-state index in [-0.39, 0.29) is 0 Å². The summed E-state index contributed by atoms with van der Waals surface area (Å²) in [6.07, 6.45) is 0. The number of hydrogen-bond acceptors (Lipinski definition) is 4. The van der Waals surface area contributed by atoms with Crippen LogP contribution in [0.2, 0.25) is 0 Å². The van der Waals surface area contributed by atoms with Gasteiger partial charge in [0, 0.05) is 0 Å². The third-order valence-corrected chi connectivity index (χ3v) is 2.85. The van der Waals surface area contributed by atoms with E-state index in [4.69, 9.17) is 4.74 Å². The Hall–Kier alpha value is -2.69. The molecule has 0 fully saturated rings. The summed E-state index contributed by atoms with van der Waals surface area (Å²) >= 11 is 0. The molecule has 0 unspecified atom stereocenters. The molecule has 0 saturated carbocycles. The van der Waals surface area contributed by atoms with Crippen molar-refractivity contribution in [2.75, 3.05) is 0 Å². The topological polar surface area (TPSA) is 57.0 Å². The number of carbonyl (C=O) groups is 1. The highest BCUT2D eigenvalue weighted by Gasteiger charge is 2.06. The number of benzene rings is 2. The van der Waals surface area contributed by atoms with Crippen LogP contribution in [0.1, 0.15) is 5.56 Å². The van der Waals surface area contributed by atoms with Gasteiger partial charge in [0.15, 0.2) is 0 Å². The fourth-order valence-corrected chi connectivity index (χ4v) is 1.92. The van der Waals surface area contributed by atoms with Gasteiger partial charge >= 0.3 is 0 Å². The maximum absolute atomic E-state index is 10.3. The molecular formula is C14H11N3O2. The minimum atomic E-state index is 0.419. The molecule has 0 radical (unpaired) electrons. The van der Waals surface area contributed by atoms with E-state index in [1.54, 1.807) is 10.9 Å². The zero-order valence-corrected chi connectivity index (χ0v) is 10.3. The predicted molar refractivity (Wildman–Crippen MR) is 70.3 cm³/mol. The van der Waals surface area contributed by atoms with Crippen molar-refractivity contribution < 1.29 is 9.53 Å². The molecule has 5 nitrogen and oxygen atoms in total. The second-order valence-electron chi connectivity index (χ2n) is 4.14. The van der Waals surface area contributed by atoms with Crippen LogP contribution in [0.4, 0.5) is 0 Å². The van der Waals surface area contributed by atoms with Gasteiger partial charge in [0.1, 0.15) is 16.8 Å². The summed E-state index contributed by atoms with van der Waals surface area (Å²) in [5.41, 5.74) is 3.36. The first kappa shape index (κ1) is 11.4. The van der Waals surface area contributed by atoms with Crippen molar-refractivity contribution in [1.82, 2.24) is 15.0 Å². The summed E-state index contributed by atoms with van der Waals surface area (Å²) < 4.78 is 4.86. The maximum Gasteiger partial charge on any atom is 0.298 e. The lowest BCUT2D eigenvalue weighted by Crippen LogP contribution is -2.00. The molecule has 1 aromatic heterocycles. The van der Waals surface area contributed by atoms with E-state index in [1.807, 2.05) is 43.3 Å². The van der Waals surface area contributed by atoms with E-state index < -0.39 is 0 Å². The molecule has 19 heavy (non-hydrogen) atoms. The Morgan fingerprint density at radius 3 is 2.37 bits per heavy atom. The molecule has 0 N–H and O–H groups in total. The van der Waals surface area contributed by atoms with Gasteiger partial charge in [0.25, 0.3) is 6.47 Å². The zero-order chi connectivity index (χ0) is 13.2. The number of fused-ring (bicyclic) bond motifs is 1. The Bertz CT molecular complexity index is 716. The summed E-state index contributed by atoms with van der Waals surface area (Å²) in [5, 5.41) is 8.79. The fraction of sp³-hybridized carbons (Fsp3) is 0.0714. The molecule has 0 spiro atoms. The molecule has 0 aliphatic rings. The lowest BCUT2D eigenvalue weighted by molar-refractivity contribution is -0.120. The van der Waals surface area contributed by atoms with Crippen molar-refractivity contribution >= 4 is 17.5 Å². The Morgan fingerprint density at radius 2 is 1.79 bits per heavy atom. The van der Waals surface area contributed by atoms with Gasteiger partial charge in [0.05, 0.1) is 5.69 Å². The Kier molecular flexibility index (Phi) is 2.72. The van der Waals surface area contributed by atoms with Crippen LogP contribution in [0, 0.1) is 6.92 Å². The van der Waals surface area contributed by atoms with Crippen molar-refractivity contribution in [1.29, 1.82) is 0 Å². The molecule has 2 aromatic carbocycles. The number of rotatable bonds is 3. The summed E-state index contributed by atoms with van der Waals surface area (Å²) in [7, 11) is 0.